The minimum atomic E-state index is -3.97. The molecule has 3 aromatic carbocycles. The van der Waals surface area contributed by atoms with Crippen molar-refractivity contribution in [2.75, 3.05) is 0 Å². The van der Waals surface area contributed by atoms with Crippen LogP contribution in [0.2, 0.25) is 10.0 Å². The second-order valence-corrected chi connectivity index (χ2v) is 13.3. The molecule has 1 fully saturated rings. The fourth-order valence-corrected chi connectivity index (χ4v) is 7.38. The van der Waals surface area contributed by atoms with Gasteiger partial charge in [0.05, 0.1) is 27.0 Å². The fourth-order valence-electron chi connectivity index (χ4n) is 5.77. The number of hydrogen-bond acceptors (Lipinski definition) is 4. The van der Waals surface area contributed by atoms with Gasteiger partial charge in [0, 0.05) is 19.0 Å². The maximum absolute atomic E-state index is 13.3. The third-order valence-corrected chi connectivity index (χ3v) is 10.1. The van der Waals surface area contributed by atoms with Gasteiger partial charge >= 0.3 is 0 Å². The van der Waals surface area contributed by atoms with Gasteiger partial charge in [-0.1, -0.05) is 84.6 Å². The van der Waals surface area contributed by atoms with E-state index in [-0.39, 0.29) is 33.3 Å². The van der Waals surface area contributed by atoms with Gasteiger partial charge in [0.1, 0.15) is 0 Å². The van der Waals surface area contributed by atoms with Crippen LogP contribution in [0.4, 0.5) is 0 Å². The highest BCUT2D eigenvalue weighted by Crippen LogP contribution is 2.32. The molecule has 3 N–H and O–H groups in total. The molecule has 2 aliphatic rings. The number of hydrogen-bond donors (Lipinski definition) is 3. The Balaban J connectivity index is 1.28. The van der Waals surface area contributed by atoms with Gasteiger partial charge in [-0.15, -0.1) is 0 Å². The maximum Gasteiger partial charge on any atom is 0.241 e. The molecule has 40 heavy (non-hydrogen) atoms. The van der Waals surface area contributed by atoms with E-state index in [0.29, 0.717) is 11.6 Å². The van der Waals surface area contributed by atoms with Crippen LogP contribution in [-0.2, 0) is 27.8 Å². The Morgan fingerprint density at radius 2 is 1.68 bits per heavy atom. The van der Waals surface area contributed by atoms with E-state index in [1.807, 2.05) is 30.3 Å². The van der Waals surface area contributed by atoms with Crippen molar-refractivity contribution in [3.8, 4) is 0 Å². The summed E-state index contributed by atoms with van der Waals surface area (Å²) in [6, 6.07) is 19.6. The number of aryl methyl sites for hydroxylation is 1. The van der Waals surface area contributed by atoms with Crippen molar-refractivity contribution in [2.24, 2.45) is 0 Å². The molecule has 3 aromatic rings. The number of halogens is 2. The number of rotatable bonds is 10. The van der Waals surface area contributed by atoms with Crippen LogP contribution >= 0.6 is 23.2 Å². The number of carbonyl (C=O) groups is 1. The highest BCUT2D eigenvalue weighted by atomic mass is 35.5. The Kier molecular flexibility index (Phi) is 9.49. The molecule has 1 amide bonds. The summed E-state index contributed by atoms with van der Waals surface area (Å²) in [7, 11) is -3.97. The van der Waals surface area contributed by atoms with Crippen molar-refractivity contribution in [3.63, 3.8) is 0 Å². The molecule has 5 rings (SSSR count). The Morgan fingerprint density at radius 3 is 2.42 bits per heavy atom. The number of sulfonamides is 1. The Labute approximate surface area is 246 Å². The minimum absolute atomic E-state index is 0.0114. The molecule has 0 bridgehead atoms. The van der Waals surface area contributed by atoms with Crippen LogP contribution in [0.15, 0.2) is 71.6 Å². The number of benzene rings is 3. The fraction of sp³-hybridized carbons (Fsp3) is 0.387. The summed E-state index contributed by atoms with van der Waals surface area (Å²) in [4.78, 5) is 13.3. The second kappa shape index (κ2) is 13.0. The molecule has 1 saturated carbocycles. The number of amides is 1. The van der Waals surface area contributed by atoms with E-state index in [9.17, 15) is 13.2 Å². The zero-order chi connectivity index (χ0) is 28.1. The summed E-state index contributed by atoms with van der Waals surface area (Å²) in [5.41, 5.74) is 4.40. The SMILES string of the molecule is O=C(CC(NS(=O)(=O)c1ccc(Cl)c(Cl)c1)c1ccccc1)N[C@@H]1CCCc2cc(CNC3CCCC3)ccc21. The first-order valence-electron chi connectivity index (χ1n) is 14.0. The Bertz CT molecular complexity index is 1440. The van der Waals surface area contributed by atoms with Gasteiger partial charge in [-0.05, 0) is 72.6 Å². The van der Waals surface area contributed by atoms with Gasteiger partial charge in [-0.25, -0.2) is 13.1 Å². The van der Waals surface area contributed by atoms with Crippen LogP contribution in [0.1, 0.15) is 79.3 Å². The third kappa shape index (κ3) is 7.25. The third-order valence-electron chi connectivity index (χ3n) is 7.90. The average molecular weight is 601 g/mol. The first-order chi connectivity index (χ1) is 19.3. The molecular weight excluding hydrogens is 565 g/mol. The predicted octanol–water partition coefficient (Wildman–Crippen LogP) is 6.63. The van der Waals surface area contributed by atoms with E-state index in [0.717, 1.165) is 31.4 Å². The van der Waals surface area contributed by atoms with Crippen LogP contribution in [0.25, 0.3) is 0 Å². The van der Waals surface area contributed by atoms with Crippen molar-refractivity contribution in [2.45, 2.75) is 80.9 Å². The molecule has 1 unspecified atom stereocenters. The quantitative estimate of drug-likeness (QED) is 0.244. The van der Waals surface area contributed by atoms with Gasteiger partial charge in [0.2, 0.25) is 15.9 Å². The summed E-state index contributed by atoms with van der Waals surface area (Å²) >= 11 is 12.1. The highest BCUT2D eigenvalue weighted by Gasteiger charge is 2.27. The molecule has 6 nitrogen and oxygen atoms in total. The van der Waals surface area contributed by atoms with E-state index >= 15 is 0 Å². The van der Waals surface area contributed by atoms with Gasteiger partial charge in [-0.3, -0.25) is 4.79 Å². The van der Waals surface area contributed by atoms with Crippen LogP contribution in [0.5, 0.6) is 0 Å². The number of carbonyl (C=O) groups excluding carboxylic acids is 1. The molecule has 2 atom stereocenters. The van der Waals surface area contributed by atoms with E-state index in [4.69, 9.17) is 23.2 Å². The topological polar surface area (TPSA) is 87.3 Å². The van der Waals surface area contributed by atoms with E-state index in [1.165, 1.54) is 55.0 Å². The van der Waals surface area contributed by atoms with Crippen molar-refractivity contribution in [3.05, 3.63) is 99.0 Å². The summed E-state index contributed by atoms with van der Waals surface area (Å²) < 4.78 is 29.2. The Hall–Kier alpha value is -2.42. The normalized spacial score (nSPS) is 18.3. The molecular formula is C31H35Cl2N3O3S. The van der Waals surface area contributed by atoms with Gasteiger partial charge in [-0.2, -0.15) is 0 Å². The summed E-state index contributed by atoms with van der Waals surface area (Å²) in [5, 5.41) is 7.28. The standard InChI is InChI=1S/C31H35Cl2N3O3S/c32-27-16-14-25(18-28(27)33)40(38,39)36-30(22-7-2-1-3-8-22)19-31(37)35-29-12-6-9-23-17-21(13-15-26(23)29)20-34-24-10-4-5-11-24/h1-3,7-8,13-18,24,29-30,34,36H,4-6,9-12,19-20H2,(H,35,37)/t29-,30?/m1/s1. The lowest BCUT2D eigenvalue weighted by atomic mass is 9.86. The molecule has 212 valence electrons. The molecule has 0 aliphatic heterocycles. The van der Waals surface area contributed by atoms with E-state index in [2.05, 4.69) is 33.6 Å². The lowest BCUT2D eigenvalue weighted by molar-refractivity contribution is -0.122. The number of nitrogens with one attached hydrogen (secondary N) is 3. The first-order valence-corrected chi connectivity index (χ1v) is 16.2. The molecule has 0 heterocycles. The molecule has 9 heteroatoms. The van der Waals surface area contributed by atoms with Crippen LogP contribution in [-0.4, -0.2) is 20.4 Å². The second-order valence-electron chi connectivity index (χ2n) is 10.8. The van der Waals surface area contributed by atoms with Gasteiger partial charge in [0.15, 0.2) is 0 Å². The molecule has 0 aromatic heterocycles. The lowest BCUT2D eigenvalue weighted by Crippen LogP contribution is -2.36. The predicted molar refractivity (Wildman–Crippen MR) is 160 cm³/mol. The van der Waals surface area contributed by atoms with Crippen molar-refractivity contribution in [1.29, 1.82) is 0 Å². The molecule has 0 spiro atoms. The maximum atomic E-state index is 13.3. The minimum Gasteiger partial charge on any atom is -0.349 e. The number of fused-ring (bicyclic) bond motifs is 1. The Morgan fingerprint density at radius 1 is 0.900 bits per heavy atom. The zero-order valence-electron chi connectivity index (χ0n) is 22.3. The highest BCUT2D eigenvalue weighted by molar-refractivity contribution is 7.89. The largest absolute Gasteiger partial charge is 0.349 e. The van der Waals surface area contributed by atoms with Crippen LogP contribution < -0.4 is 15.4 Å². The molecule has 2 aliphatic carbocycles. The van der Waals surface area contributed by atoms with E-state index in [1.54, 1.807) is 0 Å². The van der Waals surface area contributed by atoms with Gasteiger partial charge < -0.3 is 10.6 Å². The monoisotopic (exact) mass is 599 g/mol. The van der Waals surface area contributed by atoms with Crippen LogP contribution in [0.3, 0.4) is 0 Å². The summed E-state index contributed by atoms with van der Waals surface area (Å²) in [6.45, 7) is 0.868. The molecule has 0 radical (unpaired) electrons. The molecule has 0 saturated heterocycles. The summed E-state index contributed by atoms with van der Waals surface area (Å²) in [6.07, 6.45) is 7.93. The average Bonchev–Trinajstić information content (AvgIpc) is 3.47. The zero-order valence-corrected chi connectivity index (χ0v) is 24.7. The van der Waals surface area contributed by atoms with Crippen molar-refractivity contribution >= 4 is 39.1 Å². The lowest BCUT2D eigenvalue weighted by Gasteiger charge is -2.28. The summed E-state index contributed by atoms with van der Waals surface area (Å²) in [5.74, 6) is -0.212. The van der Waals surface area contributed by atoms with Crippen molar-refractivity contribution in [1.82, 2.24) is 15.4 Å². The van der Waals surface area contributed by atoms with Crippen LogP contribution in [0, 0.1) is 0 Å². The van der Waals surface area contributed by atoms with Crippen molar-refractivity contribution < 1.29 is 13.2 Å². The first kappa shape index (κ1) is 29.1. The van der Waals surface area contributed by atoms with E-state index < -0.39 is 16.1 Å². The smallest absolute Gasteiger partial charge is 0.241 e. The van der Waals surface area contributed by atoms with Gasteiger partial charge in [0.25, 0.3) is 0 Å².